The second-order valence-electron chi connectivity index (χ2n) is 4.22. The van der Waals surface area contributed by atoms with Gasteiger partial charge in [0.05, 0.1) is 5.75 Å². The molecule has 0 saturated heterocycles. The SMILES string of the molecule is Nc1ccc(SCc2nnc(-c3ccc(Cl)cc3)o2)cn1. The molecule has 0 atom stereocenters. The number of hydrogen-bond acceptors (Lipinski definition) is 6. The van der Waals surface area contributed by atoms with E-state index in [2.05, 4.69) is 15.2 Å². The summed E-state index contributed by atoms with van der Waals surface area (Å²) in [6.07, 6.45) is 1.72. The van der Waals surface area contributed by atoms with Crippen LogP contribution in [0.15, 0.2) is 51.9 Å². The first kappa shape index (κ1) is 13.9. The van der Waals surface area contributed by atoms with Gasteiger partial charge in [-0.2, -0.15) is 0 Å². The van der Waals surface area contributed by atoms with E-state index in [1.165, 1.54) is 0 Å². The molecule has 0 aliphatic heterocycles. The highest BCUT2D eigenvalue weighted by molar-refractivity contribution is 7.98. The van der Waals surface area contributed by atoms with Gasteiger partial charge >= 0.3 is 0 Å². The molecule has 21 heavy (non-hydrogen) atoms. The van der Waals surface area contributed by atoms with Crippen LogP contribution in [0.2, 0.25) is 5.02 Å². The first-order valence-corrected chi connectivity index (χ1v) is 7.50. The molecule has 1 aromatic carbocycles. The lowest BCUT2D eigenvalue weighted by molar-refractivity contribution is 0.528. The van der Waals surface area contributed by atoms with Gasteiger partial charge in [0, 0.05) is 21.7 Å². The van der Waals surface area contributed by atoms with E-state index in [0.29, 0.717) is 28.4 Å². The predicted octanol–water partition coefficient (Wildman–Crippen LogP) is 3.66. The monoisotopic (exact) mass is 318 g/mol. The van der Waals surface area contributed by atoms with Crippen LogP contribution in [0.4, 0.5) is 5.82 Å². The molecular formula is C14H11ClN4OS. The van der Waals surface area contributed by atoms with Gasteiger partial charge in [0.15, 0.2) is 0 Å². The minimum absolute atomic E-state index is 0.484. The summed E-state index contributed by atoms with van der Waals surface area (Å²) in [6.45, 7) is 0. The van der Waals surface area contributed by atoms with Crippen molar-refractivity contribution in [3.05, 3.63) is 53.5 Å². The van der Waals surface area contributed by atoms with Crippen molar-refractivity contribution in [1.82, 2.24) is 15.2 Å². The Hall–Kier alpha value is -2.05. The van der Waals surface area contributed by atoms with Crippen LogP contribution in [0.5, 0.6) is 0 Å². The number of aromatic nitrogens is 3. The third-order valence-electron chi connectivity index (χ3n) is 2.68. The Morgan fingerprint density at radius 1 is 1.10 bits per heavy atom. The Morgan fingerprint density at radius 3 is 2.62 bits per heavy atom. The minimum atomic E-state index is 0.484. The van der Waals surface area contributed by atoms with E-state index in [0.717, 1.165) is 10.5 Å². The van der Waals surface area contributed by atoms with Crippen LogP contribution in [0, 0.1) is 0 Å². The highest BCUT2D eigenvalue weighted by Gasteiger charge is 2.09. The van der Waals surface area contributed by atoms with Crippen LogP contribution >= 0.6 is 23.4 Å². The fourth-order valence-electron chi connectivity index (χ4n) is 1.64. The standard InChI is InChI=1S/C14H11ClN4OS/c15-10-3-1-9(2-4-10)14-19-18-13(20-14)8-21-11-5-6-12(16)17-7-11/h1-7H,8H2,(H2,16,17). The number of pyridine rings is 1. The molecule has 0 radical (unpaired) electrons. The fourth-order valence-corrected chi connectivity index (χ4v) is 2.47. The zero-order valence-corrected chi connectivity index (χ0v) is 12.4. The summed E-state index contributed by atoms with van der Waals surface area (Å²) in [5.41, 5.74) is 6.39. The Balaban J connectivity index is 1.67. The van der Waals surface area contributed by atoms with Gasteiger partial charge in [-0.05, 0) is 36.4 Å². The molecule has 106 valence electrons. The third-order valence-corrected chi connectivity index (χ3v) is 3.90. The normalized spacial score (nSPS) is 10.7. The van der Waals surface area contributed by atoms with Gasteiger partial charge in [-0.15, -0.1) is 22.0 Å². The number of nitrogens with zero attached hydrogens (tertiary/aromatic N) is 3. The first-order chi connectivity index (χ1) is 10.2. The molecule has 7 heteroatoms. The fraction of sp³-hybridized carbons (Fsp3) is 0.0714. The van der Waals surface area contributed by atoms with Crippen molar-refractivity contribution in [2.24, 2.45) is 0 Å². The van der Waals surface area contributed by atoms with Crippen LogP contribution in [-0.4, -0.2) is 15.2 Å². The van der Waals surface area contributed by atoms with Crippen LogP contribution in [0.3, 0.4) is 0 Å². The lowest BCUT2D eigenvalue weighted by Crippen LogP contribution is -1.88. The van der Waals surface area contributed by atoms with Gasteiger partial charge in [-0.1, -0.05) is 11.6 Å². The number of thioether (sulfide) groups is 1. The summed E-state index contributed by atoms with van der Waals surface area (Å²) in [5, 5.41) is 8.74. The molecule has 2 N–H and O–H groups in total. The number of hydrogen-bond donors (Lipinski definition) is 1. The molecule has 0 spiro atoms. The van der Waals surface area contributed by atoms with E-state index in [1.807, 2.05) is 18.2 Å². The maximum Gasteiger partial charge on any atom is 0.247 e. The lowest BCUT2D eigenvalue weighted by Gasteiger charge is -1.98. The number of anilines is 1. The molecule has 0 aliphatic carbocycles. The smallest absolute Gasteiger partial charge is 0.247 e. The van der Waals surface area contributed by atoms with E-state index in [-0.39, 0.29) is 0 Å². The Morgan fingerprint density at radius 2 is 1.90 bits per heavy atom. The van der Waals surface area contributed by atoms with E-state index in [4.69, 9.17) is 21.8 Å². The van der Waals surface area contributed by atoms with Gasteiger partial charge < -0.3 is 10.2 Å². The molecule has 0 amide bonds. The Kier molecular flexibility index (Phi) is 4.08. The van der Waals surface area contributed by atoms with E-state index < -0.39 is 0 Å². The van der Waals surface area contributed by atoms with Crippen molar-refractivity contribution < 1.29 is 4.42 Å². The molecule has 0 aliphatic rings. The van der Waals surface area contributed by atoms with E-state index in [9.17, 15) is 0 Å². The van der Waals surface area contributed by atoms with Crippen LogP contribution < -0.4 is 5.73 Å². The molecule has 0 unspecified atom stereocenters. The quantitative estimate of drug-likeness (QED) is 0.740. The number of nitrogens with two attached hydrogens (primary N) is 1. The number of nitrogen functional groups attached to an aromatic ring is 1. The Bertz CT molecular complexity index is 727. The average molecular weight is 319 g/mol. The summed E-state index contributed by atoms with van der Waals surface area (Å²) in [5.74, 6) is 2.12. The van der Waals surface area contributed by atoms with Crippen LogP contribution in [-0.2, 0) is 5.75 Å². The molecule has 3 aromatic rings. The minimum Gasteiger partial charge on any atom is -0.420 e. The Labute approximate surface area is 130 Å². The van der Waals surface area contributed by atoms with Gasteiger partial charge in [0.2, 0.25) is 11.8 Å². The molecule has 0 saturated carbocycles. The number of halogens is 1. The van der Waals surface area contributed by atoms with Crippen LogP contribution in [0.1, 0.15) is 5.89 Å². The topological polar surface area (TPSA) is 77.8 Å². The summed E-state index contributed by atoms with van der Waals surface area (Å²) < 4.78 is 5.62. The maximum absolute atomic E-state index is 5.85. The molecule has 3 rings (SSSR count). The van der Waals surface area contributed by atoms with Gasteiger partial charge in [-0.25, -0.2) is 4.98 Å². The zero-order chi connectivity index (χ0) is 14.7. The highest BCUT2D eigenvalue weighted by Crippen LogP contribution is 2.25. The predicted molar refractivity (Wildman–Crippen MR) is 83.0 cm³/mol. The average Bonchev–Trinajstić information content (AvgIpc) is 2.96. The lowest BCUT2D eigenvalue weighted by atomic mass is 10.2. The van der Waals surface area contributed by atoms with Crippen molar-refractivity contribution in [2.45, 2.75) is 10.6 Å². The summed E-state index contributed by atoms with van der Waals surface area (Å²) in [6, 6.07) is 10.9. The van der Waals surface area contributed by atoms with Gasteiger partial charge in [-0.3, -0.25) is 0 Å². The molecular weight excluding hydrogens is 308 g/mol. The van der Waals surface area contributed by atoms with Crippen molar-refractivity contribution in [2.75, 3.05) is 5.73 Å². The second-order valence-corrected chi connectivity index (χ2v) is 5.70. The number of benzene rings is 1. The van der Waals surface area contributed by atoms with Crippen molar-refractivity contribution >= 4 is 29.2 Å². The van der Waals surface area contributed by atoms with Crippen molar-refractivity contribution in [3.63, 3.8) is 0 Å². The zero-order valence-electron chi connectivity index (χ0n) is 10.9. The maximum atomic E-state index is 5.85. The molecule has 2 aromatic heterocycles. The third kappa shape index (κ3) is 3.53. The van der Waals surface area contributed by atoms with Crippen molar-refractivity contribution in [1.29, 1.82) is 0 Å². The van der Waals surface area contributed by atoms with Crippen LogP contribution in [0.25, 0.3) is 11.5 Å². The number of rotatable bonds is 4. The molecule has 5 nitrogen and oxygen atoms in total. The molecule has 0 fully saturated rings. The second kappa shape index (κ2) is 6.15. The van der Waals surface area contributed by atoms with Gasteiger partial charge in [0.25, 0.3) is 0 Å². The highest BCUT2D eigenvalue weighted by atomic mass is 35.5. The molecule has 0 bridgehead atoms. The summed E-state index contributed by atoms with van der Waals surface area (Å²) in [4.78, 5) is 5.03. The van der Waals surface area contributed by atoms with E-state index in [1.54, 1.807) is 36.2 Å². The summed E-state index contributed by atoms with van der Waals surface area (Å²) in [7, 11) is 0. The summed E-state index contributed by atoms with van der Waals surface area (Å²) >= 11 is 7.41. The van der Waals surface area contributed by atoms with Gasteiger partial charge in [0.1, 0.15) is 5.82 Å². The largest absolute Gasteiger partial charge is 0.420 e. The van der Waals surface area contributed by atoms with Crippen molar-refractivity contribution in [3.8, 4) is 11.5 Å². The molecule has 2 heterocycles. The first-order valence-electron chi connectivity index (χ1n) is 6.13. The van der Waals surface area contributed by atoms with E-state index >= 15 is 0 Å².